The Labute approximate surface area is 123 Å². The highest BCUT2D eigenvalue weighted by Gasteiger charge is 2.15. The molecule has 1 N–H and O–H groups in total. The number of carboxylic acids is 1. The van der Waals surface area contributed by atoms with Crippen molar-refractivity contribution in [3.8, 4) is 0 Å². The van der Waals surface area contributed by atoms with E-state index < -0.39 is 5.97 Å². The average Bonchev–Trinajstić information content (AvgIpc) is 2.39. The molecule has 0 spiro atoms. The van der Waals surface area contributed by atoms with E-state index in [-0.39, 0.29) is 11.9 Å². The highest BCUT2D eigenvalue weighted by Crippen LogP contribution is 2.15. The lowest BCUT2D eigenvalue weighted by molar-refractivity contribution is -0.142. The molecule has 4 heteroatoms. The fourth-order valence-corrected chi connectivity index (χ4v) is 1.65. The van der Waals surface area contributed by atoms with Crippen LogP contribution in [0.5, 0.6) is 0 Å². The third-order valence-corrected chi connectivity index (χ3v) is 2.96. The van der Waals surface area contributed by atoms with Crippen molar-refractivity contribution in [2.75, 3.05) is 6.61 Å². The number of hydrogen-bond acceptors (Lipinski definition) is 3. The van der Waals surface area contributed by atoms with E-state index in [0.717, 1.165) is 51.4 Å². The van der Waals surface area contributed by atoms with Crippen molar-refractivity contribution in [3.63, 3.8) is 0 Å². The summed E-state index contributed by atoms with van der Waals surface area (Å²) in [6.45, 7) is 8.25. The second-order valence-corrected chi connectivity index (χ2v) is 5.01. The van der Waals surface area contributed by atoms with Crippen LogP contribution in [0.3, 0.4) is 0 Å². The van der Waals surface area contributed by atoms with Crippen LogP contribution in [-0.4, -0.2) is 23.7 Å². The molecule has 0 saturated carbocycles. The van der Waals surface area contributed by atoms with Gasteiger partial charge in [0.15, 0.2) is 0 Å². The average molecular weight is 288 g/mol. The first-order valence-corrected chi connectivity index (χ1v) is 7.85. The normalized spacial score (nSPS) is 9.85. The lowest BCUT2D eigenvalue weighted by atomic mass is 9.96. The molecular weight excluding hydrogens is 256 g/mol. The van der Waals surface area contributed by atoms with Crippen molar-refractivity contribution in [3.05, 3.63) is 0 Å². The van der Waals surface area contributed by atoms with E-state index in [0.29, 0.717) is 6.61 Å². The summed E-state index contributed by atoms with van der Waals surface area (Å²) in [4.78, 5) is 20.8. The molecule has 0 aromatic carbocycles. The molecule has 0 fully saturated rings. The molecule has 0 aromatic rings. The standard InChI is InChI=1S/C10H20O2.C6H12O2/c1-3-5-7-9(10(11)12)8-6-4-2;1-3-4-5-8-6(2)7/h9H,3-8H2,1-2H3,(H,11,12);3-5H2,1-2H3. The van der Waals surface area contributed by atoms with Gasteiger partial charge in [0.05, 0.1) is 12.5 Å². The van der Waals surface area contributed by atoms with E-state index in [4.69, 9.17) is 5.11 Å². The molecule has 0 aliphatic heterocycles. The molecule has 0 aliphatic rings. The minimum atomic E-state index is -0.614. The minimum absolute atomic E-state index is 0.0927. The SMILES string of the molecule is CCCCC(CCCC)C(=O)O.CCCCOC(C)=O. The predicted octanol–water partition coefficient (Wildman–Crippen LogP) is 4.42. The van der Waals surface area contributed by atoms with E-state index in [9.17, 15) is 9.59 Å². The number of unbranched alkanes of at least 4 members (excludes halogenated alkanes) is 3. The van der Waals surface area contributed by atoms with Crippen LogP contribution in [0.2, 0.25) is 0 Å². The second-order valence-electron chi connectivity index (χ2n) is 5.01. The van der Waals surface area contributed by atoms with Gasteiger partial charge in [-0.25, -0.2) is 0 Å². The van der Waals surface area contributed by atoms with Gasteiger partial charge >= 0.3 is 11.9 Å². The molecule has 0 aliphatic carbocycles. The van der Waals surface area contributed by atoms with Gasteiger partial charge in [-0.3, -0.25) is 9.59 Å². The molecule has 20 heavy (non-hydrogen) atoms. The van der Waals surface area contributed by atoms with Gasteiger partial charge in [-0.2, -0.15) is 0 Å². The summed E-state index contributed by atoms with van der Waals surface area (Å²) in [7, 11) is 0. The molecule has 120 valence electrons. The fourth-order valence-electron chi connectivity index (χ4n) is 1.65. The van der Waals surface area contributed by atoms with Crippen LogP contribution < -0.4 is 0 Å². The van der Waals surface area contributed by atoms with Gasteiger partial charge in [0, 0.05) is 6.92 Å². The third-order valence-electron chi connectivity index (χ3n) is 2.96. The molecule has 0 radical (unpaired) electrons. The summed E-state index contributed by atoms with van der Waals surface area (Å²) < 4.78 is 4.64. The number of hydrogen-bond donors (Lipinski definition) is 1. The van der Waals surface area contributed by atoms with E-state index in [1.807, 2.05) is 0 Å². The topological polar surface area (TPSA) is 63.6 Å². The molecule has 0 bridgehead atoms. The van der Waals surface area contributed by atoms with Crippen molar-refractivity contribution in [1.29, 1.82) is 0 Å². The van der Waals surface area contributed by atoms with E-state index in [1.54, 1.807) is 0 Å². The first-order valence-electron chi connectivity index (χ1n) is 7.85. The number of ether oxygens (including phenoxy) is 1. The minimum Gasteiger partial charge on any atom is -0.481 e. The Bertz CT molecular complexity index is 231. The van der Waals surface area contributed by atoms with Crippen LogP contribution in [0.25, 0.3) is 0 Å². The van der Waals surface area contributed by atoms with E-state index >= 15 is 0 Å². The smallest absolute Gasteiger partial charge is 0.306 e. The third kappa shape index (κ3) is 16.9. The van der Waals surface area contributed by atoms with Gasteiger partial charge in [0.25, 0.3) is 0 Å². The molecule has 0 heterocycles. The van der Waals surface area contributed by atoms with Crippen molar-refractivity contribution in [1.82, 2.24) is 0 Å². The maximum Gasteiger partial charge on any atom is 0.306 e. The lowest BCUT2D eigenvalue weighted by Crippen LogP contribution is -2.13. The van der Waals surface area contributed by atoms with Crippen LogP contribution in [0.4, 0.5) is 0 Å². The summed E-state index contributed by atoms with van der Waals surface area (Å²) in [5.74, 6) is -0.889. The Morgan fingerprint density at radius 3 is 1.70 bits per heavy atom. The van der Waals surface area contributed by atoms with Crippen LogP contribution in [-0.2, 0) is 14.3 Å². The van der Waals surface area contributed by atoms with Crippen molar-refractivity contribution < 1.29 is 19.4 Å². The maximum atomic E-state index is 10.7. The molecule has 4 nitrogen and oxygen atoms in total. The Kier molecular flexibility index (Phi) is 17.0. The number of carbonyl (C=O) groups excluding carboxylic acids is 1. The highest BCUT2D eigenvalue weighted by molar-refractivity contribution is 5.69. The Hall–Kier alpha value is -1.06. The van der Waals surface area contributed by atoms with E-state index in [2.05, 4.69) is 25.5 Å². The number of esters is 1. The second kappa shape index (κ2) is 16.0. The zero-order valence-electron chi connectivity index (χ0n) is 13.6. The molecular formula is C16H32O4. The quantitative estimate of drug-likeness (QED) is 0.477. The molecule has 0 unspecified atom stereocenters. The van der Waals surface area contributed by atoms with Gasteiger partial charge in [0.2, 0.25) is 0 Å². The zero-order valence-corrected chi connectivity index (χ0v) is 13.6. The number of carbonyl (C=O) groups is 2. The molecule has 0 saturated heterocycles. The Balaban J connectivity index is 0. The van der Waals surface area contributed by atoms with E-state index in [1.165, 1.54) is 6.92 Å². The van der Waals surface area contributed by atoms with Crippen molar-refractivity contribution >= 4 is 11.9 Å². The highest BCUT2D eigenvalue weighted by atomic mass is 16.5. The Morgan fingerprint density at radius 1 is 0.950 bits per heavy atom. The molecule has 0 amide bonds. The van der Waals surface area contributed by atoms with Crippen molar-refractivity contribution in [2.24, 2.45) is 5.92 Å². The molecule has 0 atom stereocenters. The van der Waals surface area contributed by atoms with Crippen LogP contribution in [0.1, 0.15) is 79.1 Å². The summed E-state index contributed by atoms with van der Waals surface area (Å²) in [5.41, 5.74) is 0. The summed E-state index contributed by atoms with van der Waals surface area (Å²) >= 11 is 0. The Morgan fingerprint density at radius 2 is 1.40 bits per heavy atom. The zero-order chi connectivity index (χ0) is 15.8. The maximum absolute atomic E-state index is 10.7. The number of rotatable bonds is 10. The first-order chi connectivity index (χ1) is 9.49. The van der Waals surface area contributed by atoms with Gasteiger partial charge in [-0.05, 0) is 19.3 Å². The van der Waals surface area contributed by atoms with Gasteiger partial charge in [-0.1, -0.05) is 52.9 Å². The monoisotopic (exact) mass is 288 g/mol. The van der Waals surface area contributed by atoms with Gasteiger partial charge in [-0.15, -0.1) is 0 Å². The molecule has 0 aromatic heterocycles. The lowest BCUT2D eigenvalue weighted by Gasteiger charge is -2.10. The van der Waals surface area contributed by atoms with Gasteiger partial charge < -0.3 is 9.84 Å². The first kappa shape index (κ1) is 21.2. The van der Waals surface area contributed by atoms with Crippen LogP contribution in [0, 0.1) is 5.92 Å². The van der Waals surface area contributed by atoms with Gasteiger partial charge in [0.1, 0.15) is 0 Å². The van der Waals surface area contributed by atoms with Crippen LogP contribution in [0.15, 0.2) is 0 Å². The summed E-state index contributed by atoms with van der Waals surface area (Å²) in [5, 5.41) is 8.83. The van der Waals surface area contributed by atoms with Crippen molar-refractivity contribution in [2.45, 2.75) is 79.1 Å². The number of carboxylic acid groups (broad SMARTS) is 1. The predicted molar refractivity (Wildman–Crippen MR) is 81.7 cm³/mol. The molecule has 0 rings (SSSR count). The summed E-state index contributed by atoms with van der Waals surface area (Å²) in [6, 6.07) is 0. The summed E-state index contributed by atoms with van der Waals surface area (Å²) in [6.07, 6.45) is 8.03. The fraction of sp³-hybridized carbons (Fsp3) is 0.875. The largest absolute Gasteiger partial charge is 0.481 e. The number of aliphatic carboxylic acids is 1. The van der Waals surface area contributed by atoms with Crippen LogP contribution >= 0.6 is 0 Å².